The number of hydrogen-bond donors (Lipinski definition) is 1. The molecular formula is C11H19BrN2S. The molecule has 0 aliphatic carbocycles. The monoisotopic (exact) mass is 290 g/mol. The molecule has 0 atom stereocenters. The lowest BCUT2D eigenvalue weighted by molar-refractivity contribution is 0.327. The van der Waals surface area contributed by atoms with Crippen LogP contribution in [0.4, 0.5) is 0 Å². The molecule has 0 unspecified atom stereocenters. The van der Waals surface area contributed by atoms with Gasteiger partial charge in [-0.05, 0) is 47.4 Å². The fourth-order valence-corrected chi connectivity index (χ4v) is 2.89. The largest absolute Gasteiger partial charge is 0.315 e. The Bertz CT molecular complexity index is 275. The van der Waals surface area contributed by atoms with Crippen LogP contribution in [0.15, 0.2) is 15.9 Å². The third-order valence-electron chi connectivity index (χ3n) is 2.20. The van der Waals surface area contributed by atoms with Crippen molar-refractivity contribution in [3.63, 3.8) is 0 Å². The van der Waals surface area contributed by atoms with Gasteiger partial charge in [-0.1, -0.05) is 6.92 Å². The van der Waals surface area contributed by atoms with Gasteiger partial charge >= 0.3 is 0 Å². The summed E-state index contributed by atoms with van der Waals surface area (Å²) in [5, 5.41) is 5.54. The van der Waals surface area contributed by atoms with Crippen LogP contribution in [-0.2, 0) is 6.54 Å². The smallest absolute Gasteiger partial charge is 0.0336 e. The molecule has 86 valence electrons. The number of likely N-dealkylation sites (N-methyl/N-ethyl adjacent to an activating group) is 1. The van der Waals surface area contributed by atoms with Crippen LogP contribution in [-0.4, -0.2) is 31.6 Å². The highest BCUT2D eigenvalue weighted by Gasteiger charge is 2.04. The van der Waals surface area contributed by atoms with E-state index >= 15 is 0 Å². The third kappa shape index (κ3) is 5.11. The van der Waals surface area contributed by atoms with E-state index in [9.17, 15) is 0 Å². The van der Waals surface area contributed by atoms with Gasteiger partial charge in [0.05, 0.1) is 0 Å². The van der Waals surface area contributed by atoms with Crippen LogP contribution >= 0.6 is 27.3 Å². The van der Waals surface area contributed by atoms with Crippen molar-refractivity contribution in [1.82, 2.24) is 10.2 Å². The Kier molecular flexibility index (Phi) is 6.48. The Balaban J connectivity index is 2.18. The molecule has 0 fully saturated rings. The second-order valence-electron chi connectivity index (χ2n) is 3.68. The zero-order valence-electron chi connectivity index (χ0n) is 9.42. The highest BCUT2D eigenvalue weighted by Crippen LogP contribution is 2.23. The molecule has 0 amide bonds. The lowest BCUT2D eigenvalue weighted by Gasteiger charge is -2.16. The molecule has 0 saturated heterocycles. The molecule has 0 bridgehead atoms. The van der Waals surface area contributed by atoms with Crippen LogP contribution in [0.25, 0.3) is 0 Å². The second-order valence-corrected chi connectivity index (χ2v) is 5.53. The van der Waals surface area contributed by atoms with E-state index in [1.54, 1.807) is 0 Å². The average molecular weight is 291 g/mol. The van der Waals surface area contributed by atoms with Gasteiger partial charge in [-0.15, -0.1) is 11.3 Å². The topological polar surface area (TPSA) is 15.3 Å². The van der Waals surface area contributed by atoms with Gasteiger partial charge in [0.25, 0.3) is 0 Å². The number of hydrogen-bond acceptors (Lipinski definition) is 3. The first kappa shape index (κ1) is 13.2. The lowest BCUT2D eigenvalue weighted by Crippen LogP contribution is -2.29. The summed E-state index contributed by atoms with van der Waals surface area (Å²) in [4.78, 5) is 3.76. The van der Waals surface area contributed by atoms with Crippen molar-refractivity contribution in [3.05, 3.63) is 20.8 Å². The highest BCUT2D eigenvalue weighted by molar-refractivity contribution is 9.10. The van der Waals surface area contributed by atoms with E-state index in [1.165, 1.54) is 15.8 Å². The maximum atomic E-state index is 3.56. The van der Waals surface area contributed by atoms with Crippen molar-refractivity contribution in [1.29, 1.82) is 0 Å². The summed E-state index contributed by atoms with van der Waals surface area (Å²) in [6.45, 7) is 6.53. The zero-order chi connectivity index (χ0) is 11.1. The SMILES string of the molecule is CCCNCCN(C)Cc1sccc1Br. The van der Waals surface area contributed by atoms with Crippen LogP contribution < -0.4 is 5.32 Å². The predicted molar refractivity (Wildman–Crippen MR) is 71.5 cm³/mol. The Morgan fingerprint density at radius 1 is 1.47 bits per heavy atom. The first-order valence-electron chi connectivity index (χ1n) is 5.35. The van der Waals surface area contributed by atoms with Crippen LogP contribution in [0.2, 0.25) is 0 Å². The van der Waals surface area contributed by atoms with E-state index in [0.29, 0.717) is 0 Å². The lowest BCUT2D eigenvalue weighted by atomic mass is 10.4. The summed E-state index contributed by atoms with van der Waals surface area (Å²) < 4.78 is 1.24. The number of halogens is 1. The number of rotatable bonds is 7. The fourth-order valence-electron chi connectivity index (χ4n) is 1.33. The van der Waals surface area contributed by atoms with Crippen molar-refractivity contribution in [2.45, 2.75) is 19.9 Å². The van der Waals surface area contributed by atoms with E-state index in [4.69, 9.17) is 0 Å². The van der Waals surface area contributed by atoms with Crippen molar-refractivity contribution in [3.8, 4) is 0 Å². The maximum Gasteiger partial charge on any atom is 0.0336 e. The van der Waals surface area contributed by atoms with Crippen LogP contribution in [0.3, 0.4) is 0 Å². The number of nitrogens with zero attached hydrogens (tertiary/aromatic N) is 1. The first-order valence-corrected chi connectivity index (χ1v) is 7.02. The predicted octanol–water partition coefficient (Wildman–Crippen LogP) is 2.94. The van der Waals surface area contributed by atoms with E-state index < -0.39 is 0 Å². The van der Waals surface area contributed by atoms with Crippen LogP contribution in [0, 0.1) is 0 Å². The highest BCUT2D eigenvalue weighted by atomic mass is 79.9. The molecule has 0 aliphatic heterocycles. The van der Waals surface area contributed by atoms with Crippen molar-refractivity contribution >= 4 is 27.3 Å². The molecule has 0 aromatic carbocycles. The summed E-state index contributed by atoms with van der Waals surface area (Å²) in [6, 6.07) is 2.11. The molecule has 2 nitrogen and oxygen atoms in total. The number of nitrogens with one attached hydrogen (secondary N) is 1. The van der Waals surface area contributed by atoms with Gasteiger partial charge < -0.3 is 5.32 Å². The molecule has 0 spiro atoms. The molecule has 15 heavy (non-hydrogen) atoms. The third-order valence-corrected chi connectivity index (χ3v) is 4.11. The molecular weight excluding hydrogens is 272 g/mol. The van der Waals surface area contributed by atoms with Gasteiger partial charge in [0.15, 0.2) is 0 Å². The average Bonchev–Trinajstić information content (AvgIpc) is 2.59. The van der Waals surface area contributed by atoms with Crippen molar-refractivity contribution in [2.24, 2.45) is 0 Å². The summed E-state index contributed by atoms with van der Waals surface area (Å²) in [5.41, 5.74) is 0. The van der Waals surface area contributed by atoms with Gasteiger partial charge in [-0.2, -0.15) is 0 Å². The minimum atomic E-state index is 1.03. The number of thiophene rings is 1. The minimum Gasteiger partial charge on any atom is -0.315 e. The summed E-state index contributed by atoms with van der Waals surface area (Å²) in [6.07, 6.45) is 1.21. The van der Waals surface area contributed by atoms with Gasteiger partial charge in [0, 0.05) is 29.0 Å². The molecule has 1 rings (SSSR count). The van der Waals surface area contributed by atoms with Gasteiger partial charge in [0.2, 0.25) is 0 Å². The van der Waals surface area contributed by atoms with Gasteiger partial charge in [0.1, 0.15) is 0 Å². The first-order chi connectivity index (χ1) is 7.24. The molecule has 0 saturated carbocycles. The van der Waals surface area contributed by atoms with Crippen molar-refractivity contribution < 1.29 is 0 Å². The summed E-state index contributed by atoms with van der Waals surface area (Å²) in [5.74, 6) is 0. The second kappa shape index (κ2) is 7.39. The van der Waals surface area contributed by atoms with Gasteiger partial charge in [-0.3, -0.25) is 4.90 Å². The molecule has 1 heterocycles. The Morgan fingerprint density at radius 2 is 2.27 bits per heavy atom. The normalized spacial score (nSPS) is 11.2. The van der Waals surface area contributed by atoms with E-state index in [2.05, 4.69) is 51.6 Å². The maximum absolute atomic E-state index is 3.56. The quantitative estimate of drug-likeness (QED) is 0.777. The van der Waals surface area contributed by atoms with Gasteiger partial charge in [-0.25, -0.2) is 0 Å². The minimum absolute atomic E-state index is 1.03. The zero-order valence-corrected chi connectivity index (χ0v) is 11.8. The van der Waals surface area contributed by atoms with Crippen molar-refractivity contribution in [2.75, 3.05) is 26.7 Å². The molecule has 1 aromatic rings. The standard InChI is InChI=1S/C11H19BrN2S/c1-3-5-13-6-7-14(2)9-11-10(12)4-8-15-11/h4,8,13H,3,5-7,9H2,1-2H3. The van der Waals surface area contributed by atoms with Crippen LogP contribution in [0.5, 0.6) is 0 Å². The molecule has 4 heteroatoms. The molecule has 0 aliphatic rings. The Labute approximate surface area is 105 Å². The Morgan fingerprint density at radius 3 is 2.87 bits per heavy atom. The summed E-state index contributed by atoms with van der Waals surface area (Å²) >= 11 is 5.37. The molecule has 1 aromatic heterocycles. The fraction of sp³-hybridized carbons (Fsp3) is 0.636. The van der Waals surface area contributed by atoms with E-state index in [1.807, 2.05) is 11.3 Å². The summed E-state index contributed by atoms with van der Waals surface area (Å²) in [7, 11) is 2.17. The molecule has 0 radical (unpaired) electrons. The van der Waals surface area contributed by atoms with E-state index in [0.717, 1.165) is 26.2 Å². The van der Waals surface area contributed by atoms with Crippen LogP contribution in [0.1, 0.15) is 18.2 Å². The molecule has 1 N–H and O–H groups in total. The van der Waals surface area contributed by atoms with E-state index in [-0.39, 0.29) is 0 Å². The Hall–Kier alpha value is 0.100.